The van der Waals surface area contributed by atoms with Crippen molar-refractivity contribution in [2.45, 2.75) is 0 Å². The summed E-state index contributed by atoms with van der Waals surface area (Å²) in [5.41, 5.74) is -0.400. The summed E-state index contributed by atoms with van der Waals surface area (Å²) in [6.45, 7) is 0. The zero-order valence-electron chi connectivity index (χ0n) is 8.64. The van der Waals surface area contributed by atoms with E-state index >= 15 is 0 Å². The molecule has 0 radical (unpaired) electrons. The molecule has 0 saturated heterocycles. The molecular formula is C11H5BrF3NOS. The monoisotopic (exact) mass is 335 g/mol. The second kappa shape index (κ2) is 5.11. The standard InChI is InChI=1S/C11H5BrF3NOS/c12-10-2-1-9(18-10)11(17)16-8-4-6(14)5(13)3-7(8)15/h1-4H,(H,16,17). The highest BCUT2D eigenvalue weighted by Gasteiger charge is 2.14. The summed E-state index contributed by atoms with van der Waals surface area (Å²) in [7, 11) is 0. The molecule has 2 nitrogen and oxygen atoms in total. The van der Waals surface area contributed by atoms with Crippen LogP contribution in [0.3, 0.4) is 0 Å². The fourth-order valence-electron chi connectivity index (χ4n) is 1.24. The number of nitrogens with one attached hydrogen (secondary N) is 1. The Kier molecular flexibility index (Phi) is 3.72. The third-order valence-electron chi connectivity index (χ3n) is 2.06. The average molecular weight is 336 g/mol. The summed E-state index contributed by atoms with van der Waals surface area (Å²) < 4.78 is 39.6. The first-order valence-electron chi connectivity index (χ1n) is 4.68. The van der Waals surface area contributed by atoms with Gasteiger partial charge < -0.3 is 5.32 Å². The largest absolute Gasteiger partial charge is 0.319 e. The van der Waals surface area contributed by atoms with E-state index in [2.05, 4.69) is 21.2 Å². The van der Waals surface area contributed by atoms with Crippen molar-refractivity contribution in [3.05, 3.63) is 50.4 Å². The van der Waals surface area contributed by atoms with Crippen molar-refractivity contribution >= 4 is 38.9 Å². The fraction of sp³-hybridized carbons (Fsp3) is 0. The second-order valence-corrected chi connectivity index (χ2v) is 5.77. The Hall–Kier alpha value is -1.34. The van der Waals surface area contributed by atoms with Gasteiger partial charge in [-0.3, -0.25) is 4.79 Å². The van der Waals surface area contributed by atoms with Crippen molar-refractivity contribution in [2.75, 3.05) is 5.32 Å². The van der Waals surface area contributed by atoms with E-state index in [1.807, 2.05) is 0 Å². The molecule has 0 atom stereocenters. The quantitative estimate of drug-likeness (QED) is 0.819. The third-order valence-corrected chi connectivity index (χ3v) is 3.68. The first-order valence-corrected chi connectivity index (χ1v) is 6.29. The number of rotatable bonds is 2. The molecule has 2 aromatic rings. The number of benzene rings is 1. The minimum atomic E-state index is -1.30. The Morgan fingerprint density at radius 1 is 1.11 bits per heavy atom. The van der Waals surface area contributed by atoms with Gasteiger partial charge in [0.25, 0.3) is 5.91 Å². The van der Waals surface area contributed by atoms with Gasteiger partial charge in [0.2, 0.25) is 0 Å². The highest BCUT2D eigenvalue weighted by molar-refractivity contribution is 9.11. The highest BCUT2D eigenvalue weighted by atomic mass is 79.9. The van der Waals surface area contributed by atoms with Crippen LogP contribution in [0.1, 0.15) is 9.67 Å². The average Bonchev–Trinajstić information content (AvgIpc) is 2.73. The van der Waals surface area contributed by atoms with E-state index in [4.69, 9.17) is 0 Å². The van der Waals surface area contributed by atoms with Gasteiger partial charge in [-0.05, 0) is 28.1 Å². The first kappa shape index (κ1) is 13.1. The zero-order chi connectivity index (χ0) is 13.3. The summed E-state index contributed by atoms with van der Waals surface area (Å²) >= 11 is 4.32. The van der Waals surface area contributed by atoms with E-state index in [1.54, 1.807) is 6.07 Å². The molecule has 1 aromatic carbocycles. The van der Waals surface area contributed by atoms with Gasteiger partial charge in [-0.25, -0.2) is 13.2 Å². The first-order chi connectivity index (χ1) is 8.47. The maximum atomic E-state index is 13.3. The highest BCUT2D eigenvalue weighted by Crippen LogP contribution is 2.24. The molecule has 1 amide bonds. The molecule has 94 valence electrons. The summed E-state index contributed by atoms with van der Waals surface area (Å²) in [6.07, 6.45) is 0. The van der Waals surface area contributed by atoms with Gasteiger partial charge >= 0.3 is 0 Å². The maximum Gasteiger partial charge on any atom is 0.265 e. The number of carbonyl (C=O) groups is 1. The molecule has 0 aliphatic carbocycles. The van der Waals surface area contributed by atoms with Gasteiger partial charge in [-0.1, -0.05) is 0 Å². The minimum Gasteiger partial charge on any atom is -0.319 e. The summed E-state index contributed by atoms with van der Waals surface area (Å²) in [4.78, 5) is 12.0. The van der Waals surface area contributed by atoms with E-state index in [-0.39, 0.29) is 0 Å². The molecule has 0 aliphatic rings. The lowest BCUT2D eigenvalue weighted by molar-refractivity contribution is 0.103. The van der Waals surface area contributed by atoms with Crippen LogP contribution in [0.25, 0.3) is 0 Å². The van der Waals surface area contributed by atoms with E-state index in [1.165, 1.54) is 6.07 Å². The van der Waals surface area contributed by atoms with Crippen molar-refractivity contribution in [1.82, 2.24) is 0 Å². The minimum absolute atomic E-state index is 0.325. The predicted octanol–water partition coefficient (Wildman–Crippen LogP) is 4.18. The smallest absolute Gasteiger partial charge is 0.265 e. The van der Waals surface area contributed by atoms with E-state index in [0.717, 1.165) is 15.1 Å². The van der Waals surface area contributed by atoms with Crippen LogP contribution in [-0.4, -0.2) is 5.91 Å². The van der Waals surface area contributed by atoms with Crippen molar-refractivity contribution in [1.29, 1.82) is 0 Å². The van der Waals surface area contributed by atoms with E-state index in [0.29, 0.717) is 17.0 Å². The van der Waals surface area contributed by atoms with Crippen molar-refractivity contribution < 1.29 is 18.0 Å². The Balaban J connectivity index is 2.24. The summed E-state index contributed by atoms with van der Waals surface area (Å²) in [5.74, 6) is -4.14. The summed E-state index contributed by atoms with van der Waals surface area (Å²) in [6, 6.07) is 4.17. The number of carbonyl (C=O) groups excluding carboxylic acids is 1. The van der Waals surface area contributed by atoms with Crippen molar-refractivity contribution in [3.8, 4) is 0 Å². The van der Waals surface area contributed by atoms with Crippen LogP contribution in [0.2, 0.25) is 0 Å². The van der Waals surface area contributed by atoms with Crippen LogP contribution < -0.4 is 5.32 Å². The van der Waals surface area contributed by atoms with Crippen molar-refractivity contribution in [2.24, 2.45) is 0 Å². The molecule has 0 spiro atoms. The normalized spacial score (nSPS) is 10.4. The molecule has 0 fully saturated rings. The Morgan fingerprint density at radius 3 is 2.39 bits per heavy atom. The van der Waals surface area contributed by atoms with Crippen molar-refractivity contribution in [3.63, 3.8) is 0 Å². The number of halogens is 4. The number of anilines is 1. The molecule has 1 aromatic heterocycles. The number of hydrogen-bond acceptors (Lipinski definition) is 2. The molecule has 2 rings (SSSR count). The van der Waals surface area contributed by atoms with Gasteiger partial charge in [0.15, 0.2) is 11.6 Å². The lowest BCUT2D eigenvalue weighted by Gasteiger charge is -2.05. The maximum absolute atomic E-state index is 13.3. The Bertz CT molecular complexity index is 614. The lowest BCUT2D eigenvalue weighted by atomic mass is 10.2. The number of hydrogen-bond donors (Lipinski definition) is 1. The number of thiophene rings is 1. The van der Waals surface area contributed by atoms with E-state index in [9.17, 15) is 18.0 Å². The van der Waals surface area contributed by atoms with Crippen LogP contribution in [-0.2, 0) is 0 Å². The molecular weight excluding hydrogens is 331 g/mol. The van der Waals surface area contributed by atoms with Crippen LogP contribution in [0, 0.1) is 17.5 Å². The number of amides is 1. The SMILES string of the molecule is O=C(Nc1cc(F)c(F)cc1F)c1ccc(Br)s1. The molecule has 0 unspecified atom stereocenters. The fourth-order valence-corrected chi connectivity index (χ4v) is 2.52. The second-order valence-electron chi connectivity index (χ2n) is 3.30. The lowest BCUT2D eigenvalue weighted by Crippen LogP contribution is -2.12. The van der Waals surface area contributed by atoms with Crippen LogP contribution in [0.5, 0.6) is 0 Å². The molecule has 7 heteroatoms. The van der Waals surface area contributed by atoms with Crippen LogP contribution in [0.15, 0.2) is 28.1 Å². The predicted molar refractivity (Wildman–Crippen MR) is 66.3 cm³/mol. The molecule has 1 N–H and O–H groups in total. The Labute approximate surface area is 113 Å². The molecule has 0 bridgehead atoms. The molecule has 18 heavy (non-hydrogen) atoms. The summed E-state index contributed by atoms with van der Waals surface area (Å²) in [5, 5.41) is 2.18. The van der Waals surface area contributed by atoms with Gasteiger partial charge in [-0.2, -0.15) is 0 Å². The van der Waals surface area contributed by atoms with Crippen LogP contribution in [0.4, 0.5) is 18.9 Å². The van der Waals surface area contributed by atoms with Gasteiger partial charge in [-0.15, -0.1) is 11.3 Å². The van der Waals surface area contributed by atoms with E-state index < -0.39 is 29.0 Å². The van der Waals surface area contributed by atoms with Gasteiger partial charge in [0.05, 0.1) is 14.4 Å². The molecule has 0 aliphatic heterocycles. The third kappa shape index (κ3) is 2.73. The van der Waals surface area contributed by atoms with Crippen LogP contribution >= 0.6 is 27.3 Å². The molecule has 1 heterocycles. The molecule has 0 saturated carbocycles. The van der Waals surface area contributed by atoms with Gasteiger partial charge in [0, 0.05) is 12.1 Å². The zero-order valence-corrected chi connectivity index (χ0v) is 11.0. The van der Waals surface area contributed by atoms with Gasteiger partial charge in [0.1, 0.15) is 5.82 Å². The topological polar surface area (TPSA) is 29.1 Å². The Morgan fingerprint density at radius 2 is 1.78 bits per heavy atom.